The van der Waals surface area contributed by atoms with Crippen molar-refractivity contribution >= 4 is 5.91 Å². The molecule has 0 bridgehead atoms. The number of ether oxygens (including phenoxy) is 1. The molecule has 2 aromatic rings. The summed E-state index contributed by atoms with van der Waals surface area (Å²) in [5.74, 6) is 0.828. The average molecular weight is 409 g/mol. The lowest BCUT2D eigenvalue weighted by Gasteiger charge is -2.26. The molecule has 2 aliphatic rings. The highest BCUT2D eigenvalue weighted by Crippen LogP contribution is 2.21. The Morgan fingerprint density at radius 2 is 1.97 bits per heavy atom. The van der Waals surface area contributed by atoms with Crippen molar-refractivity contribution in [2.24, 2.45) is 0 Å². The minimum atomic E-state index is -0.0592. The van der Waals surface area contributed by atoms with Crippen LogP contribution in [0.2, 0.25) is 0 Å². The first-order valence-corrected chi connectivity index (χ1v) is 11.2. The van der Waals surface area contributed by atoms with E-state index in [1.165, 1.54) is 32.4 Å². The Bertz CT molecular complexity index is 795. The van der Waals surface area contributed by atoms with E-state index < -0.39 is 0 Å². The second kappa shape index (κ2) is 10.5. The van der Waals surface area contributed by atoms with Crippen LogP contribution >= 0.6 is 0 Å². The average Bonchev–Trinajstić information content (AvgIpc) is 3.31. The van der Waals surface area contributed by atoms with Gasteiger partial charge >= 0.3 is 0 Å². The topological polar surface area (TPSA) is 66.5 Å². The number of pyridine rings is 1. The first-order valence-electron chi connectivity index (χ1n) is 11.2. The van der Waals surface area contributed by atoms with Crippen molar-refractivity contribution in [3.63, 3.8) is 0 Å². The van der Waals surface area contributed by atoms with Gasteiger partial charge < -0.3 is 20.3 Å². The third kappa shape index (κ3) is 5.80. The molecule has 30 heavy (non-hydrogen) atoms. The van der Waals surface area contributed by atoms with Gasteiger partial charge in [0.25, 0.3) is 5.91 Å². The number of carbonyl (C=O) groups excluding carboxylic acids is 1. The Balaban J connectivity index is 1.24. The van der Waals surface area contributed by atoms with E-state index in [2.05, 4.69) is 20.5 Å². The van der Waals surface area contributed by atoms with Crippen molar-refractivity contribution in [3.8, 4) is 17.0 Å². The number of hydrogen-bond acceptors (Lipinski definition) is 5. The molecular weight excluding hydrogens is 376 g/mol. The molecule has 3 heterocycles. The summed E-state index contributed by atoms with van der Waals surface area (Å²) in [6.07, 6.45) is 7.73. The van der Waals surface area contributed by atoms with Crippen LogP contribution in [0.15, 0.2) is 42.6 Å². The molecule has 4 rings (SSSR count). The number of carbonyl (C=O) groups is 1. The number of likely N-dealkylation sites (tertiary alicyclic amines) is 1. The largest absolute Gasteiger partial charge is 0.494 e. The van der Waals surface area contributed by atoms with E-state index in [9.17, 15) is 4.79 Å². The molecule has 0 saturated carbocycles. The van der Waals surface area contributed by atoms with Gasteiger partial charge in [0.05, 0.1) is 17.9 Å². The minimum absolute atomic E-state index is 0.0592. The standard InChI is InChI=1S/C24H32N4O2/c29-24(27-21-11-12-25-18-21)20-7-10-23(26-17-20)19-5-8-22(9-6-19)30-16-4-15-28-13-2-1-3-14-28/h5-10,17,21,25H,1-4,11-16,18H2,(H,27,29). The van der Waals surface area contributed by atoms with Crippen LogP contribution in [0.5, 0.6) is 5.75 Å². The maximum Gasteiger partial charge on any atom is 0.253 e. The lowest BCUT2D eigenvalue weighted by atomic mass is 10.1. The first kappa shape index (κ1) is 20.8. The third-order valence-electron chi connectivity index (χ3n) is 5.91. The van der Waals surface area contributed by atoms with E-state index in [0.29, 0.717) is 5.56 Å². The predicted molar refractivity (Wildman–Crippen MR) is 119 cm³/mol. The fraction of sp³-hybridized carbons (Fsp3) is 0.500. The van der Waals surface area contributed by atoms with E-state index in [-0.39, 0.29) is 11.9 Å². The van der Waals surface area contributed by atoms with Crippen LogP contribution < -0.4 is 15.4 Å². The molecule has 2 saturated heterocycles. The van der Waals surface area contributed by atoms with Gasteiger partial charge in [0, 0.05) is 30.9 Å². The predicted octanol–water partition coefficient (Wildman–Crippen LogP) is 3.10. The zero-order valence-corrected chi connectivity index (χ0v) is 17.6. The molecule has 1 aromatic carbocycles. The summed E-state index contributed by atoms with van der Waals surface area (Å²) < 4.78 is 5.90. The van der Waals surface area contributed by atoms with E-state index in [1.54, 1.807) is 6.20 Å². The Morgan fingerprint density at radius 1 is 1.13 bits per heavy atom. The van der Waals surface area contributed by atoms with Gasteiger partial charge in [-0.05, 0) is 81.7 Å². The molecule has 160 valence electrons. The van der Waals surface area contributed by atoms with Crippen LogP contribution in [0.4, 0.5) is 0 Å². The van der Waals surface area contributed by atoms with E-state index in [0.717, 1.165) is 56.1 Å². The Kier molecular flexibility index (Phi) is 7.32. The first-order chi connectivity index (χ1) is 14.8. The van der Waals surface area contributed by atoms with Crippen LogP contribution in [0.25, 0.3) is 11.3 Å². The molecule has 1 amide bonds. The summed E-state index contributed by atoms with van der Waals surface area (Å²) in [5.41, 5.74) is 2.47. The number of piperidine rings is 1. The smallest absolute Gasteiger partial charge is 0.253 e. The van der Waals surface area contributed by atoms with Crippen molar-refractivity contribution in [2.75, 3.05) is 39.3 Å². The Morgan fingerprint density at radius 3 is 2.67 bits per heavy atom. The maximum atomic E-state index is 12.3. The van der Waals surface area contributed by atoms with Gasteiger partial charge in [0.1, 0.15) is 5.75 Å². The minimum Gasteiger partial charge on any atom is -0.494 e. The van der Waals surface area contributed by atoms with E-state index >= 15 is 0 Å². The zero-order chi connectivity index (χ0) is 20.6. The summed E-state index contributed by atoms with van der Waals surface area (Å²) in [6, 6.07) is 12.0. The van der Waals surface area contributed by atoms with Crippen LogP contribution in [0.1, 0.15) is 42.5 Å². The lowest BCUT2D eigenvalue weighted by Crippen LogP contribution is -2.36. The van der Waals surface area contributed by atoms with Crippen molar-refractivity contribution in [3.05, 3.63) is 48.2 Å². The highest BCUT2D eigenvalue weighted by Gasteiger charge is 2.17. The Hall–Kier alpha value is -2.44. The number of benzene rings is 1. The Labute approximate surface area is 179 Å². The molecule has 0 aliphatic carbocycles. The molecule has 1 aromatic heterocycles. The summed E-state index contributed by atoms with van der Waals surface area (Å²) in [5, 5.41) is 6.30. The number of nitrogens with one attached hydrogen (secondary N) is 2. The van der Waals surface area contributed by atoms with Crippen molar-refractivity contribution in [1.29, 1.82) is 0 Å². The van der Waals surface area contributed by atoms with Crippen molar-refractivity contribution in [2.45, 2.75) is 38.1 Å². The monoisotopic (exact) mass is 408 g/mol. The second-order valence-electron chi connectivity index (χ2n) is 8.22. The summed E-state index contributed by atoms with van der Waals surface area (Å²) >= 11 is 0. The normalized spacial score (nSPS) is 19.5. The molecular formula is C24H32N4O2. The van der Waals surface area contributed by atoms with Crippen LogP contribution in [0.3, 0.4) is 0 Å². The van der Waals surface area contributed by atoms with Gasteiger partial charge in [-0.15, -0.1) is 0 Å². The zero-order valence-electron chi connectivity index (χ0n) is 17.6. The fourth-order valence-corrected chi connectivity index (χ4v) is 4.13. The molecule has 0 radical (unpaired) electrons. The van der Waals surface area contributed by atoms with E-state index in [1.807, 2.05) is 36.4 Å². The molecule has 6 heteroatoms. The second-order valence-corrected chi connectivity index (χ2v) is 8.22. The third-order valence-corrected chi connectivity index (χ3v) is 5.91. The number of nitrogens with zero attached hydrogens (tertiary/aromatic N) is 2. The van der Waals surface area contributed by atoms with Gasteiger partial charge in [-0.2, -0.15) is 0 Å². The van der Waals surface area contributed by atoms with Crippen LogP contribution in [0, 0.1) is 0 Å². The SMILES string of the molecule is O=C(NC1CCNC1)c1ccc(-c2ccc(OCCCN3CCCCC3)cc2)nc1. The van der Waals surface area contributed by atoms with Crippen LogP contribution in [-0.2, 0) is 0 Å². The summed E-state index contributed by atoms with van der Waals surface area (Å²) in [6.45, 7) is 6.14. The van der Waals surface area contributed by atoms with E-state index in [4.69, 9.17) is 4.74 Å². The number of rotatable bonds is 8. The molecule has 2 N–H and O–H groups in total. The van der Waals surface area contributed by atoms with Crippen LogP contribution in [-0.4, -0.2) is 61.2 Å². The quantitative estimate of drug-likeness (QED) is 0.657. The maximum absolute atomic E-state index is 12.3. The summed E-state index contributed by atoms with van der Waals surface area (Å²) in [4.78, 5) is 19.3. The summed E-state index contributed by atoms with van der Waals surface area (Å²) in [7, 11) is 0. The molecule has 6 nitrogen and oxygen atoms in total. The number of aromatic nitrogens is 1. The van der Waals surface area contributed by atoms with Crippen molar-refractivity contribution in [1.82, 2.24) is 20.5 Å². The van der Waals surface area contributed by atoms with Gasteiger partial charge in [-0.3, -0.25) is 9.78 Å². The number of hydrogen-bond donors (Lipinski definition) is 2. The highest BCUT2D eigenvalue weighted by molar-refractivity contribution is 5.94. The molecule has 2 fully saturated rings. The number of amides is 1. The van der Waals surface area contributed by atoms with Gasteiger partial charge in [-0.1, -0.05) is 6.42 Å². The highest BCUT2D eigenvalue weighted by atomic mass is 16.5. The molecule has 1 atom stereocenters. The van der Waals surface area contributed by atoms with Gasteiger partial charge in [0.15, 0.2) is 0 Å². The fourth-order valence-electron chi connectivity index (χ4n) is 4.13. The molecule has 0 spiro atoms. The molecule has 1 unspecified atom stereocenters. The van der Waals surface area contributed by atoms with Gasteiger partial charge in [-0.25, -0.2) is 0 Å². The van der Waals surface area contributed by atoms with Crippen molar-refractivity contribution < 1.29 is 9.53 Å². The van der Waals surface area contributed by atoms with Gasteiger partial charge in [0.2, 0.25) is 0 Å². The molecule has 2 aliphatic heterocycles. The lowest BCUT2D eigenvalue weighted by molar-refractivity contribution is 0.0939.